The van der Waals surface area contributed by atoms with Crippen molar-refractivity contribution >= 4 is 5.69 Å². The Kier molecular flexibility index (Phi) is 4.00. The molecule has 1 aliphatic carbocycles. The van der Waals surface area contributed by atoms with E-state index in [1.165, 1.54) is 32.1 Å². The molecule has 0 bridgehead atoms. The highest BCUT2D eigenvalue weighted by Crippen LogP contribution is 2.40. The summed E-state index contributed by atoms with van der Waals surface area (Å²) in [5, 5.41) is 3.53. The van der Waals surface area contributed by atoms with Crippen LogP contribution in [0.5, 0.6) is 0 Å². The van der Waals surface area contributed by atoms with Gasteiger partial charge in [0.2, 0.25) is 0 Å². The normalized spacial score (nSPS) is 18.4. The highest BCUT2D eigenvalue weighted by atomic mass is 14.9. The van der Waals surface area contributed by atoms with Crippen molar-refractivity contribution in [2.45, 2.75) is 45.6 Å². The molecule has 2 rings (SSSR count). The summed E-state index contributed by atoms with van der Waals surface area (Å²) in [6.07, 6.45) is 8.60. The predicted molar refractivity (Wildman–Crippen MR) is 71.5 cm³/mol. The van der Waals surface area contributed by atoms with Crippen LogP contribution in [0.15, 0.2) is 18.3 Å². The number of aromatic nitrogens is 1. The van der Waals surface area contributed by atoms with Crippen molar-refractivity contribution in [1.82, 2.24) is 10.3 Å². The van der Waals surface area contributed by atoms with Crippen LogP contribution < -0.4 is 11.1 Å². The van der Waals surface area contributed by atoms with Crippen molar-refractivity contribution in [2.24, 2.45) is 5.41 Å². The number of anilines is 1. The zero-order valence-electron chi connectivity index (χ0n) is 10.7. The standard InChI is InChI=1S/C14H23N3/c1-2-14(7-3-4-8-14)11-16-10-13-12(15)6-5-9-17-13/h5-6,9,16H,2-4,7-8,10-11,15H2,1H3. The Hall–Kier alpha value is -1.09. The van der Waals surface area contributed by atoms with E-state index in [0.717, 1.165) is 24.5 Å². The second kappa shape index (κ2) is 5.50. The summed E-state index contributed by atoms with van der Waals surface area (Å²) in [6, 6.07) is 3.79. The molecule has 0 aromatic carbocycles. The largest absolute Gasteiger partial charge is 0.397 e. The lowest BCUT2D eigenvalue weighted by atomic mass is 9.83. The van der Waals surface area contributed by atoms with Gasteiger partial charge in [-0.1, -0.05) is 19.8 Å². The van der Waals surface area contributed by atoms with Crippen molar-refractivity contribution in [3.63, 3.8) is 0 Å². The number of rotatable bonds is 5. The van der Waals surface area contributed by atoms with Crippen molar-refractivity contribution in [1.29, 1.82) is 0 Å². The molecular formula is C14H23N3. The Balaban J connectivity index is 1.85. The average Bonchev–Trinajstić information content (AvgIpc) is 2.81. The fourth-order valence-electron chi connectivity index (χ4n) is 2.82. The summed E-state index contributed by atoms with van der Waals surface area (Å²) in [7, 11) is 0. The first kappa shape index (κ1) is 12.4. The Morgan fingerprint density at radius 3 is 2.82 bits per heavy atom. The van der Waals surface area contributed by atoms with Gasteiger partial charge in [0.05, 0.1) is 11.4 Å². The maximum atomic E-state index is 5.88. The van der Waals surface area contributed by atoms with Gasteiger partial charge >= 0.3 is 0 Å². The highest BCUT2D eigenvalue weighted by molar-refractivity contribution is 5.41. The van der Waals surface area contributed by atoms with Gasteiger partial charge in [0.1, 0.15) is 0 Å². The lowest BCUT2D eigenvalue weighted by Crippen LogP contribution is -2.31. The molecule has 17 heavy (non-hydrogen) atoms. The minimum atomic E-state index is 0.531. The summed E-state index contributed by atoms with van der Waals surface area (Å²) in [5.41, 5.74) is 8.17. The number of nitrogen functional groups attached to an aromatic ring is 1. The first-order valence-corrected chi connectivity index (χ1v) is 6.66. The van der Waals surface area contributed by atoms with Gasteiger partial charge in [-0.15, -0.1) is 0 Å². The van der Waals surface area contributed by atoms with Gasteiger partial charge in [0.15, 0.2) is 0 Å². The number of hydrogen-bond acceptors (Lipinski definition) is 3. The molecular weight excluding hydrogens is 210 g/mol. The zero-order chi connectivity index (χ0) is 12.1. The molecule has 0 aliphatic heterocycles. The Labute approximate surface area is 104 Å². The maximum Gasteiger partial charge on any atom is 0.0770 e. The Morgan fingerprint density at radius 2 is 2.18 bits per heavy atom. The summed E-state index contributed by atoms with van der Waals surface area (Å²) in [6.45, 7) is 4.19. The van der Waals surface area contributed by atoms with Crippen molar-refractivity contribution in [2.75, 3.05) is 12.3 Å². The van der Waals surface area contributed by atoms with E-state index in [9.17, 15) is 0 Å². The minimum absolute atomic E-state index is 0.531. The number of hydrogen-bond donors (Lipinski definition) is 2. The van der Waals surface area contributed by atoms with Crippen LogP contribution in [0.3, 0.4) is 0 Å². The molecule has 3 nitrogen and oxygen atoms in total. The number of nitrogens with one attached hydrogen (secondary N) is 1. The summed E-state index contributed by atoms with van der Waals surface area (Å²) < 4.78 is 0. The Morgan fingerprint density at radius 1 is 1.41 bits per heavy atom. The second-order valence-electron chi connectivity index (χ2n) is 5.20. The van der Waals surface area contributed by atoms with Crippen LogP contribution in [-0.4, -0.2) is 11.5 Å². The molecule has 94 valence electrons. The molecule has 1 aromatic rings. The van der Waals surface area contributed by atoms with Crippen molar-refractivity contribution in [3.8, 4) is 0 Å². The van der Waals surface area contributed by atoms with Crippen LogP contribution in [0.25, 0.3) is 0 Å². The topological polar surface area (TPSA) is 50.9 Å². The van der Waals surface area contributed by atoms with Crippen molar-refractivity contribution < 1.29 is 0 Å². The quantitative estimate of drug-likeness (QED) is 0.822. The first-order valence-electron chi connectivity index (χ1n) is 6.66. The zero-order valence-corrected chi connectivity index (χ0v) is 10.7. The third kappa shape index (κ3) is 2.97. The van der Waals surface area contributed by atoms with Gasteiger partial charge in [-0.25, -0.2) is 0 Å². The molecule has 1 aliphatic rings. The smallest absolute Gasteiger partial charge is 0.0770 e. The number of nitrogens with two attached hydrogens (primary N) is 1. The number of pyridine rings is 1. The fraction of sp³-hybridized carbons (Fsp3) is 0.643. The van der Waals surface area contributed by atoms with E-state index >= 15 is 0 Å². The first-order chi connectivity index (χ1) is 8.26. The molecule has 0 unspecified atom stereocenters. The fourth-order valence-corrected chi connectivity index (χ4v) is 2.82. The molecule has 3 heteroatoms. The lowest BCUT2D eigenvalue weighted by Gasteiger charge is -2.27. The van der Waals surface area contributed by atoms with E-state index in [-0.39, 0.29) is 0 Å². The molecule has 1 fully saturated rings. The monoisotopic (exact) mass is 233 g/mol. The molecule has 1 heterocycles. The molecule has 1 aromatic heterocycles. The molecule has 0 amide bonds. The van der Waals surface area contributed by atoms with Gasteiger partial charge in [-0.05, 0) is 36.8 Å². The van der Waals surface area contributed by atoms with Gasteiger partial charge in [0, 0.05) is 19.3 Å². The van der Waals surface area contributed by atoms with Crippen LogP contribution in [0, 0.1) is 5.41 Å². The minimum Gasteiger partial charge on any atom is -0.397 e. The van der Waals surface area contributed by atoms with Crippen LogP contribution in [0.2, 0.25) is 0 Å². The van der Waals surface area contributed by atoms with E-state index in [0.29, 0.717) is 5.41 Å². The summed E-state index contributed by atoms with van der Waals surface area (Å²) in [4.78, 5) is 4.30. The van der Waals surface area contributed by atoms with E-state index in [4.69, 9.17) is 5.73 Å². The van der Waals surface area contributed by atoms with Crippen molar-refractivity contribution in [3.05, 3.63) is 24.0 Å². The van der Waals surface area contributed by atoms with E-state index in [1.807, 2.05) is 12.1 Å². The molecule has 0 spiro atoms. The summed E-state index contributed by atoms with van der Waals surface area (Å²) >= 11 is 0. The lowest BCUT2D eigenvalue weighted by molar-refractivity contribution is 0.268. The van der Waals surface area contributed by atoms with E-state index in [2.05, 4.69) is 17.2 Å². The van der Waals surface area contributed by atoms with Crippen LogP contribution in [0.4, 0.5) is 5.69 Å². The van der Waals surface area contributed by atoms with Crippen LogP contribution in [0.1, 0.15) is 44.7 Å². The molecule has 0 saturated heterocycles. The van der Waals surface area contributed by atoms with Crippen LogP contribution in [-0.2, 0) is 6.54 Å². The summed E-state index contributed by atoms with van der Waals surface area (Å²) in [5.74, 6) is 0. The Bertz CT molecular complexity index is 356. The maximum absolute atomic E-state index is 5.88. The molecule has 0 radical (unpaired) electrons. The third-order valence-corrected chi connectivity index (χ3v) is 4.13. The second-order valence-corrected chi connectivity index (χ2v) is 5.20. The van der Waals surface area contributed by atoms with E-state index < -0.39 is 0 Å². The molecule has 0 atom stereocenters. The van der Waals surface area contributed by atoms with Gasteiger partial charge in [-0.2, -0.15) is 0 Å². The molecule has 3 N–H and O–H groups in total. The SMILES string of the molecule is CCC1(CNCc2ncccc2N)CCCC1. The average molecular weight is 233 g/mol. The van der Waals surface area contributed by atoms with Gasteiger partial charge in [-0.3, -0.25) is 4.98 Å². The van der Waals surface area contributed by atoms with Crippen LogP contribution >= 0.6 is 0 Å². The number of nitrogens with zero attached hydrogens (tertiary/aromatic N) is 1. The van der Waals surface area contributed by atoms with E-state index in [1.54, 1.807) is 6.20 Å². The molecule has 1 saturated carbocycles. The van der Waals surface area contributed by atoms with Gasteiger partial charge in [0.25, 0.3) is 0 Å². The predicted octanol–water partition coefficient (Wildman–Crippen LogP) is 2.72. The third-order valence-electron chi connectivity index (χ3n) is 4.13. The highest BCUT2D eigenvalue weighted by Gasteiger charge is 2.31. The van der Waals surface area contributed by atoms with Gasteiger partial charge < -0.3 is 11.1 Å².